The SMILES string of the molecule is c1ccc(-c2ccccc2N(c2ccc3ccccc3c2)c2cccc3c2c2ccccc2n3-c2cccc(-c3ccccc3)c2-c2ccccc2)cc1. The summed E-state index contributed by atoms with van der Waals surface area (Å²) in [5, 5.41) is 4.83. The zero-order valence-electron chi connectivity index (χ0n) is 29.7. The van der Waals surface area contributed by atoms with Gasteiger partial charge in [-0.15, -0.1) is 0 Å². The first-order valence-corrected chi connectivity index (χ1v) is 18.5. The van der Waals surface area contributed by atoms with Gasteiger partial charge < -0.3 is 9.47 Å². The van der Waals surface area contributed by atoms with E-state index in [0.29, 0.717) is 0 Å². The summed E-state index contributed by atoms with van der Waals surface area (Å²) in [4.78, 5) is 2.46. The van der Waals surface area contributed by atoms with Crippen LogP contribution in [0.3, 0.4) is 0 Å². The van der Waals surface area contributed by atoms with Gasteiger partial charge in [-0.2, -0.15) is 0 Å². The maximum Gasteiger partial charge on any atom is 0.0562 e. The van der Waals surface area contributed by atoms with Crippen molar-refractivity contribution in [2.75, 3.05) is 4.90 Å². The van der Waals surface area contributed by atoms with E-state index >= 15 is 0 Å². The Hall–Kier alpha value is -7.16. The lowest BCUT2D eigenvalue weighted by molar-refractivity contribution is 1.18. The Kier molecular flexibility index (Phi) is 7.85. The fourth-order valence-electron chi connectivity index (χ4n) is 8.19. The van der Waals surface area contributed by atoms with Gasteiger partial charge in [-0.3, -0.25) is 0 Å². The maximum absolute atomic E-state index is 2.48. The first-order chi connectivity index (χ1) is 26.8. The molecule has 0 aliphatic heterocycles. The van der Waals surface area contributed by atoms with Crippen LogP contribution in [0.1, 0.15) is 0 Å². The van der Waals surface area contributed by atoms with Crippen LogP contribution in [0.15, 0.2) is 218 Å². The molecule has 9 aromatic carbocycles. The lowest BCUT2D eigenvalue weighted by atomic mass is 9.93. The highest BCUT2D eigenvalue weighted by atomic mass is 15.2. The van der Waals surface area contributed by atoms with Gasteiger partial charge in [0.25, 0.3) is 0 Å². The van der Waals surface area contributed by atoms with Gasteiger partial charge in [-0.1, -0.05) is 176 Å². The zero-order chi connectivity index (χ0) is 35.8. The summed E-state index contributed by atoms with van der Waals surface area (Å²) in [5.74, 6) is 0. The van der Waals surface area contributed by atoms with Crippen LogP contribution in [0.5, 0.6) is 0 Å². The van der Waals surface area contributed by atoms with Gasteiger partial charge in [0, 0.05) is 27.6 Å². The summed E-state index contributed by atoms with van der Waals surface area (Å²) >= 11 is 0. The summed E-state index contributed by atoms with van der Waals surface area (Å²) in [7, 11) is 0. The number of nitrogens with zero attached hydrogens (tertiary/aromatic N) is 2. The minimum absolute atomic E-state index is 1.11. The second kappa shape index (κ2) is 13.4. The number of hydrogen-bond donors (Lipinski definition) is 0. The van der Waals surface area contributed by atoms with E-state index in [1.165, 1.54) is 54.9 Å². The van der Waals surface area contributed by atoms with Crippen LogP contribution in [-0.4, -0.2) is 4.57 Å². The van der Waals surface area contributed by atoms with Crippen LogP contribution in [-0.2, 0) is 0 Å². The van der Waals surface area contributed by atoms with E-state index in [4.69, 9.17) is 0 Å². The molecule has 1 heterocycles. The molecule has 0 atom stereocenters. The van der Waals surface area contributed by atoms with Crippen LogP contribution in [0.25, 0.3) is 71.6 Å². The molecular formula is C52H36N2. The number of fused-ring (bicyclic) bond motifs is 4. The van der Waals surface area contributed by atoms with Gasteiger partial charge in [0.05, 0.1) is 28.1 Å². The Morgan fingerprint density at radius 3 is 1.69 bits per heavy atom. The molecule has 0 aliphatic rings. The van der Waals surface area contributed by atoms with Crippen LogP contribution in [0.4, 0.5) is 17.1 Å². The molecule has 2 nitrogen and oxygen atoms in total. The molecule has 254 valence electrons. The summed E-state index contributed by atoms with van der Waals surface area (Å²) in [6.45, 7) is 0. The molecule has 54 heavy (non-hydrogen) atoms. The van der Waals surface area contributed by atoms with Gasteiger partial charge in [0.15, 0.2) is 0 Å². The summed E-state index contributed by atoms with van der Waals surface area (Å²) in [6, 6.07) is 78.9. The fourth-order valence-corrected chi connectivity index (χ4v) is 8.19. The van der Waals surface area contributed by atoms with Gasteiger partial charge in [0.2, 0.25) is 0 Å². The largest absolute Gasteiger partial charge is 0.309 e. The van der Waals surface area contributed by atoms with E-state index in [2.05, 4.69) is 228 Å². The molecule has 0 saturated carbocycles. The first-order valence-electron chi connectivity index (χ1n) is 18.5. The second-order valence-electron chi connectivity index (χ2n) is 13.7. The molecule has 0 spiro atoms. The Morgan fingerprint density at radius 2 is 0.907 bits per heavy atom. The summed E-state index contributed by atoms with van der Waals surface area (Å²) in [6.07, 6.45) is 0. The summed E-state index contributed by atoms with van der Waals surface area (Å²) < 4.78 is 2.48. The minimum atomic E-state index is 1.11. The number of rotatable bonds is 7. The molecule has 0 bridgehead atoms. The van der Waals surface area contributed by atoms with Gasteiger partial charge in [-0.05, 0) is 75.5 Å². The highest BCUT2D eigenvalue weighted by molar-refractivity contribution is 6.17. The number of benzene rings is 9. The number of hydrogen-bond acceptors (Lipinski definition) is 1. The number of para-hydroxylation sites is 2. The van der Waals surface area contributed by atoms with E-state index in [9.17, 15) is 0 Å². The highest BCUT2D eigenvalue weighted by Crippen LogP contribution is 2.48. The Balaban J connectivity index is 1.30. The second-order valence-corrected chi connectivity index (χ2v) is 13.7. The Morgan fingerprint density at radius 1 is 0.352 bits per heavy atom. The average Bonchev–Trinajstić information content (AvgIpc) is 3.59. The van der Waals surface area contributed by atoms with E-state index in [1.54, 1.807) is 0 Å². The van der Waals surface area contributed by atoms with Crippen molar-refractivity contribution in [3.63, 3.8) is 0 Å². The molecule has 10 aromatic rings. The molecule has 0 fully saturated rings. The fraction of sp³-hybridized carbons (Fsp3) is 0. The average molecular weight is 689 g/mol. The van der Waals surface area contributed by atoms with Crippen molar-refractivity contribution in [3.8, 4) is 39.1 Å². The lowest BCUT2D eigenvalue weighted by Gasteiger charge is -2.29. The Labute approximate surface area is 315 Å². The predicted octanol–water partition coefficient (Wildman–Crippen LogP) is 14.4. The van der Waals surface area contributed by atoms with Crippen molar-refractivity contribution < 1.29 is 0 Å². The molecule has 2 heteroatoms. The van der Waals surface area contributed by atoms with Crippen molar-refractivity contribution in [2.24, 2.45) is 0 Å². The smallest absolute Gasteiger partial charge is 0.0562 e. The molecule has 0 radical (unpaired) electrons. The Bertz CT molecular complexity index is 2930. The minimum Gasteiger partial charge on any atom is -0.309 e. The lowest BCUT2D eigenvalue weighted by Crippen LogP contribution is -2.11. The molecular weight excluding hydrogens is 653 g/mol. The first kappa shape index (κ1) is 31.6. The number of aromatic nitrogens is 1. The monoisotopic (exact) mass is 688 g/mol. The van der Waals surface area contributed by atoms with E-state index in [-0.39, 0.29) is 0 Å². The van der Waals surface area contributed by atoms with Gasteiger partial charge in [0.1, 0.15) is 0 Å². The van der Waals surface area contributed by atoms with Crippen LogP contribution < -0.4 is 4.90 Å². The number of anilines is 3. The normalized spacial score (nSPS) is 11.3. The summed E-state index contributed by atoms with van der Waals surface area (Å²) in [5.41, 5.74) is 14.0. The van der Waals surface area contributed by atoms with E-state index in [0.717, 1.165) is 33.8 Å². The van der Waals surface area contributed by atoms with Gasteiger partial charge >= 0.3 is 0 Å². The van der Waals surface area contributed by atoms with Crippen molar-refractivity contribution >= 4 is 49.6 Å². The quantitative estimate of drug-likeness (QED) is 0.162. The molecule has 0 saturated heterocycles. The topological polar surface area (TPSA) is 8.17 Å². The van der Waals surface area contributed by atoms with Crippen molar-refractivity contribution in [3.05, 3.63) is 218 Å². The molecule has 1 aromatic heterocycles. The third kappa shape index (κ3) is 5.36. The van der Waals surface area contributed by atoms with Crippen LogP contribution >= 0.6 is 0 Å². The molecule has 0 amide bonds. The van der Waals surface area contributed by atoms with Crippen molar-refractivity contribution in [2.45, 2.75) is 0 Å². The standard InChI is InChI=1S/C52H36N2/c1-4-19-38(20-5-1)43-26-12-14-29-46(43)53(42-35-34-37-18-10-11-25-41(37)36-42)49-32-17-33-50-52(49)45-27-13-15-30-47(45)54(50)48-31-16-28-44(39-21-6-2-7-22-39)51(48)40-23-8-3-9-24-40/h1-36H. The predicted molar refractivity (Wildman–Crippen MR) is 229 cm³/mol. The van der Waals surface area contributed by atoms with Crippen LogP contribution in [0.2, 0.25) is 0 Å². The van der Waals surface area contributed by atoms with Gasteiger partial charge in [-0.25, -0.2) is 0 Å². The van der Waals surface area contributed by atoms with E-state index < -0.39 is 0 Å². The van der Waals surface area contributed by atoms with E-state index in [1.807, 2.05) is 0 Å². The third-order valence-electron chi connectivity index (χ3n) is 10.6. The molecule has 0 N–H and O–H groups in total. The molecule has 10 rings (SSSR count). The third-order valence-corrected chi connectivity index (χ3v) is 10.6. The molecule has 0 aliphatic carbocycles. The van der Waals surface area contributed by atoms with Crippen molar-refractivity contribution in [1.82, 2.24) is 4.57 Å². The molecule has 0 unspecified atom stereocenters. The van der Waals surface area contributed by atoms with Crippen LogP contribution in [0, 0.1) is 0 Å². The van der Waals surface area contributed by atoms with Crippen molar-refractivity contribution in [1.29, 1.82) is 0 Å². The highest BCUT2D eigenvalue weighted by Gasteiger charge is 2.24. The zero-order valence-corrected chi connectivity index (χ0v) is 29.7. The maximum atomic E-state index is 2.48.